The summed E-state index contributed by atoms with van der Waals surface area (Å²) < 4.78 is 6.67. The first kappa shape index (κ1) is 29.1. The van der Waals surface area contributed by atoms with Crippen molar-refractivity contribution in [1.82, 2.24) is 29.7 Å². The van der Waals surface area contributed by atoms with Crippen molar-refractivity contribution in [1.29, 1.82) is 0 Å². The normalized spacial score (nSPS) is 15.3. The van der Waals surface area contributed by atoms with Gasteiger partial charge in [0.05, 0.1) is 25.0 Å². The summed E-state index contributed by atoms with van der Waals surface area (Å²) in [7, 11) is 0. The van der Waals surface area contributed by atoms with E-state index in [1.54, 1.807) is 96.3 Å². The highest BCUT2D eigenvalue weighted by Gasteiger charge is 2.28. The van der Waals surface area contributed by atoms with Gasteiger partial charge in [0.25, 0.3) is 0 Å². The van der Waals surface area contributed by atoms with Crippen LogP contribution >= 0.6 is 0 Å². The van der Waals surface area contributed by atoms with Gasteiger partial charge in [0.2, 0.25) is 23.7 Å². The molecule has 11 nitrogen and oxygen atoms in total. The van der Waals surface area contributed by atoms with E-state index in [4.69, 9.17) is 4.74 Å². The predicted molar refractivity (Wildman–Crippen MR) is 168 cm³/mol. The third-order valence-electron chi connectivity index (χ3n) is 7.08. The summed E-state index contributed by atoms with van der Waals surface area (Å²) in [4.78, 5) is 50.5. The van der Waals surface area contributed by atoms with Gasteiger partial charge in [-0.2, -0.15) is 0 Å². The molecule has 4 heterocycles. The summed E-state index contributed by atoms with van der Waals surface area (Å²) in [6.07, 6.45) is 19.0. The van der Waals surface area contributed by atoms with E-state index in [1.807, 2.05) is 60.7 Å². The van der Waals surface area contributed by atoms with Crippen LogP contribution in [-0.4, -0.2) is 41.6 Å². The van der Waals surface area contributed by atoms with Crippen molar-refractivity contribution in [3.05, 3.63) is 158 Å². The molecule has 45 heavy (non-hydrogen) atoms. The lowest BCUT2D eigenvalue weighted by atomic mass is 10.0. The molecule has 0 spiro atoms. The molecule has 0 fully saturated rings. The predicted octanol–water partition coefficient (Wildman–Crippen LogP) is 5.43. The van der Waals surface area contributed by atoms with Crippen LogP contribution in [0.4, 0.5) is 11.9 Å². The molecule has 0 N–H and O–H groups in total. The first-order valence-electron chi connectivity index (χ1n) is 14.4. The summed E-state index contributed by atoms with van der Waals surface area (Å²) in [5.74, 6) is 0.649. The van der Waals surface area contributed by atoms with E-state index in [0.717, 1.165) is 11.1 Å². The van der Waals surface area contributed by atoms with Gasteiger partial charge in [0.15, 0.2) is 0 Å². The summed E-state index contributed by atoms with van der Waals surface area (Å²) >= 11 is 0. The molecular weight excluding hydrogens is 568 g/mol. The second-order valence-corrected chi connectivity index (χ2v) is 10.0. The van der Waals surface area contributed by atoms with Crippen molar-refractivity contribution < 1.29 is 14.3 Å². The van der Waals surface area contributed by atoms with Gasteiger partial charge < -0.3 is 4.74 Å². The number of aromatic nitrogens is 4. The van der Waals surface area contributed by atoms with Crippen LogP contribution in [0.2, 0.25) is 0 Å². The maximum absolute atomic E-state index is 13.5. The number of benzene rings is 2. The molecule has 0 saturated carbocycles. The van der Waals surface area contributed by atoms with Gasteiger partial charge in [-0.15, -0.1) is 0 Å². The van der Waals surface area contributed by atoms with Gasteiger partial charge in [-0.25, -0.2) is 19.9 Å². The highest BCUT2D eigenvalue weighted by molar-refractivity contribution is 5.80. The van der Waals surface area contributed by atoms with Crippen molar-refractivity contribution in [2.24, 2.45) is 0 Å². The molecule has 4 aromatic rings. The van der Waals surface area contributed by atoms with E-state index >= 15 is 0 Å². The highest BCUT2D eigenvalue weighted by atomic mass is 16.5. The van der Waals surface area contributed by atoms with Gasteiger partial charge in [-0.05, 0) is 23.3 Å². The third-order valence-corrected chi connectivity index (χ3v) is 7.08. The zero-order chi connectivity index (χ0) is 30.8. The Morgan fingerprint density at radius 1 is 0.511 bits per heavy atom. The highest BCUT2D eigenvalue weighted by Crippen LogP contribution is 2.33. The van der Waals surface area contributed by atoms with E-state index in [-0.39, 0.29) is 24.7 Å². The largest absolute Gasteiger partial charge is 0.365 e. The molecule has 0 bridgehead atoms. The van der Waals surface area contributed by atoms with Crippen molar-refractivity contribution in [3.8, 4) is 0 Å². The van der Waals surface area contributed by atoms with Crippen LogP contribution in [0.15, 0.2) is 147 Å². The number of rotatable bonds is 10. The monoisotopic (exact) mass is 598 g/mol. The molecule has 2 aromatic heterocycles. The van der Waals surface area contributed by atoms with Crippen LogP contribution < -0.4 is 9.80 Å². The molecule has 0 saturated heterocycles. The number of hydrogen-bond donors (Lipinski definition) is 0. The average molecular weight is 599 g/mol. The first-order valence-corrected chi connectivity index (χ1v) is 14.4. The van der Waals surface area contributed by atoms with Crippen LogP contribution in [0.3, 0.4) is 0 Å². The molecule has 2 aromatic carbocycles. The Bertz CT molecular complexity index is 1540. The van der Waals surface area contributed by atoms with Crippen molar-refractivity contribution in [2.75, 3.05) is 9.80 Å². The Labute approximate surface area is 260 Å². The molecule has 2 aliphatic rings. The smallest absolute Gasteiger partial charge is 0.233 e. The number of carbonyl (C=O) groups excluding carboxylic acids is 2. The van der Waals surface area contributed by atoms with Crippen molar-refractivity contribution in [2.45, 2.75) is 25.0 Å². The summed E-state index contributed by atoms with van der Waals surface area (Å²) in [5.41, 5.74) is 1.67. The number of carbonyl (C=O) groups is 2. The maximum Gasteiger partial charge on any atom is 0.233 e. The minimum Gasteiger partial charge on any atom is -0.365 e. The Kier molecular flexibility index (Phi) is 9.08. The summed E-state index contributed by atoms with van der Waals surface area (Å²) in [6, 6.07) is 22.6. The second-order valence-electron chi connectivity index (χ2n) is 10.0. The minimum atomic E-state index is -0.618. The Balaban J connectivity index is 1.18. The molecule has 11 heteroatoms. The van der Waals surface area contributed by atoms with E-state index in [0.29, 0.717) is 11.9 Å². The second kappa shape index (κ2) is 14.0. The molecule has 2 unspecified atom stereocenters. The molecule has 2 aliphatic heterocycles. The van der Waals surface area contributed by atoms with Crippen LogP contribution in [0.25, 0.3) is 0 Å². The average Bonchev–Trinajstić information content (AvgIpc) is 3.12. The summed E-state index contributed by atoms with van der Waals surface area (Å²) in [6.45, 7) is 0. The van der Waals surface area contributed by atoms with Crippen LogP contribution in [0.1, 0.15) is 36.2 Å². The lowest BCUT2D eigenvalue weighted by Crippen LogP contribution is -2.29. The van der Waals surface area contributed by atoms with E-state index in [1.165, 1.54) is 9.80 Å². The standard InChI is InChI=1S/C34H30N8O3/c43-31(39-17-21-41(22-18-39)33-35-13-7-14-36-33)25-29(27-9-3-1-4-10-27)45-30(28-11-5-2-6-12-28)26-32(44)40-19-23-42(24-20-40)34-37-15-8-16-38-34/h1-24,29-30H,25-26H2. The first-order chi connectivity index (χ1) is 22.1. The van der Waals surface area contributed by atoms with E-state index in [2.05, 4.69) is 19.9 Å². The van der Waals surface area contributed by atoms with Gasteiger partial charge in [0.1, 0.15) is 0 Å². The number of amides is 2. The molecule has 224 valence electrons. The van der Waals surface area contributed by atoms with Crippen LogP contribution in [0, 0.1) is 0 Å². The van der Waals surface area contributed by atoms with Gasteiger partial charge in [0, 0.05) is 74.4 Å². The number of nitrogens with zero attached hydrogens (tertiary/aromatic N) is 8. The van der Waals surface area contributed by atoms with E-state index < -0.39 is 12.2 Å². The number of anilines is 2. The molecule has 2 amide bonds. The minimum absolute atomic E-state index is 0.0492. The van der Waals surface area contributed by atoms with Crippen LogP contribution in [0.5, 0.6) is 0 Å². The number of ether oxygens (including phenoxy) is 1. The zero-order valence-corrected chi connectivity index (χ0v) is 24.2. The van der Waals surface area contributed by atoms with Crippen LogP contribution in [-0.2, 0) is 14.3 Å². The van der Waals surface area contributed by atoms with Gasteiger partial charge in [-0.3, -0.25) is 29.2 Å². The zero-order valence-electron chi connectivity index (χ0n) is 24.2. The quantitative estimate of drug-likeness (QED) is 0.236. The molecule has 2 atom stereocenters. The topological polar surface area (TPSA) is 108 Å². The Morgan fingerprint density at radius 3 is 1.22 bits per heavy atom. The Hall–Kier alpha value is -5.94. The fourth-order valence-electron chi connectivity index (χ4n) is 4.77. The summed E-state index contributed by atoms with van der Waals surface area (Å²) in [5, 5.41) is 0. The lowest BCUT2D eigenvalue weighted by Gasteiger charge is -2.29. The fraction of sp³-hybridized carbons (Fsp3) is 0.118. The molecule has 0 aliphatic carbocycles. The van der Waals surface area contributed by atoms with Gasteiger partial charge >= 0.3 is 0 Å². The van der Waals surface area contributed by atoms with Crippen molar-refractivity contribution in [3.63, 3.8) is 0 Å². The molecular formula is C34H30N8O3. The van der Waals surface area contributed by atoms with Gasteiger partial charge in [-0.1, -0.05) is 60.7 Å². The SMILES string of the molecule is O=C(CC(OC(CC(=O)N1C=CN(c2ncccn2)C=C1)c1ccccc1)c1ccccc1)N1C=CN(c2ncccn2)C=C1. The lowest BCUT2D eigenvalue weighted by molar-refractivity contribution is -0.134. The van der Waals surface area contributed by atoms with Crippen molar-refractivity contribution >= 4 is 23.7 Å². The fourth-order valence-corrected chi connectivity index (χ4v) is 4.77. The molecule has 0 radical (unpaired) electrons. The third kappa shape index (κ3) is 7.35. The Morgan fingerprint density at radius 2 is 0.867 bits per heavy atom. The van der Waals surface area contributed by atoms with E-state index in [9.17, 15) is 9.59 Å². The number of hydrogen-bond acceptors (Lipinski definition) is 9. The maximum atomic E-state index is 13.5. The molecule has 6 rings (SSSR count).